The first-order valence-corrected chi connectivity index (χ1v) is 8.22. The molecular formula is C14H27NS. The van der Waals surface area contributed by atoms with Crippen LogP contribution in [0.25, 0.3) is 0 Å². The zero-order valence-corrected chi connectivity index (χ0v) is 11.7. The molecule has 1 nitrogen and oxygen atoms in total. The van der Waals surface area contributed by atoms with Crippen LogP contribution in [-0.2, 0) is 0 Å². The van der Waals surface area contributed by atoms with Gasteiger partial charge in [-0.1, -0.05) is 33.1 Å². The van der Waals surface area contributed by atoms with E-state index in [2.05, 4.69) is 30.9 Å². The lowest BCUT2D eigenvalue weighted by atomic mass is 9.82. The van der Waals surface area contributed by atoms with Gasteiger partial charge in [0.25, 0.3) is 0 Å². The third kappa shape index (κ3) is 3.40. The Bertz CT molecular complexity index is 201. The van der Waals surface area contributed by atoms with Crippen molar-refractivity contribution < 1.29 is 0 Å². The fourth-order valence-corrected chi connectivity index (χ4v) is 4.52. The zero-order valence-electron chi connectivity index (χ0n) is 10.9. The molecule has 2 aliphatic rings. The van der Waals surface area contributed by atoms with Gasteiger partial charge in [-0.05, 0) is 31.6 Å². The molecule has 0 aromatic heterocycles. The quantitative estimate of drug-likeness (QED) is 0.803. The van der Waals surface area contributed by atoms with Crippen LogP contribution < -0.4 is 5.32 Å². The highest BCUT2D eigenvalue weighted by atomic mass is 32.2. The van der Waals surface area contributed by atoms with Crippen molar-refractivity contribution >= 4 is 11.8 Å². The Morgan fingerprint density at radius 3 is 2.56 bits per heavy atom. The molecule has 1 saturated carbocycles. The van der Waals surface area contributed by atoms with Crippen LogP contribution in [0.1, 0.15) is 58.8 Å². The minimum Gasteiger partial charge on any atom is -0.310 e. The average molecular weight is 241 g/mol. The first-order chi connectivity index (χ1) is 7.79. The van der Waals surface area contributed by atoms with Gasteiger partial charge >= 0.3 is 0 Å². The van der Waals surface area contributed by atoms with Gasteiger partial charge in [-0.3, -0.25) is 0 Å². The number of thioether (sulfide) groups is 1. The Labute approximate surface area is 105 Å². The largest absolute Gasteiger partial charge is 0.310 e. The van der Waals surface area contributed by atoms with Crippen molar-refractivity contribution in [2.75, 3.05) is 5.75 Å². The normalized spacial score (nSPS) is 34.1. The lowest BCUT2D eigenvalue weighted by molar-refractivity contribution is 0.248. The van der Waals surface area contributed by atoms with Crippen LogP contribution in [0.2, 0.25) is 0 Å². The summed E-state index contributed by atoms with van der Waals surface area (Å²) in [6.07, 6.45) is 10.1. The van der Waals surface area contributed by atoms with E-state index in [1.54, 1.807) is 0 Å². The second-order valence-electron chi connectivity index (χ2n) is 5.66. The van der Waals surface area contributed by atoms with E-state index in [4.69, 9.17) is 0 Å². The molecule has 2 fully saturated rings. The third-order valence-electron chi connectivity index (χ3n) is 4.31. The maximum atomic E-state index is 3.94. The van der Waals surface area contributed by atoms with Crippen LogP contribution in [0.4, 0.5) is 0 Å². The molecule has 0 aromatic rings. The Morgan fingerprint density at radius 2 is 2.00 bits per heavy atom. The van der Waals surface area contributed by atoms with Gasteiger partial charge < -0.3 is 5.32 Å². The van der Waals surface area contributed by atoms with Crippen LogP contribution in [0.3, 0.4) is 0 Å². The van der Waals surface area contributed by atoms with Gasteiger partial charge in [-0.25, -0.2) is 0 Å². The van der Waals surface area contributed by atoms with E-state index in [1.807, 2.05) is 0 Å². The van der Waals surface area contributed by atoms with Crippen LogP contribution in [0, 0.1) is 5.92 Å². The molecule has 0 amide bonds. The molecule has 1 N–H and O–H groups in total. The predicted molar refractivity (Wildman–Crippen MR) is 74.1 cm³/mol. The van der Waals surface area contributed by atoms with Crippen molar-refractivity contribution in [2.45, 2.75) is 76.1 Å². The van der Waals surface area contributed by atoms with E-state index in [0.29, 0.717) is 0 Å². The zero-order chi connectivity index (χ0) is 11.4. The lowest BCUT2D eigenvalue weighted by Crippen LogP contribution is -2.43. The van der Waals surface area contributed by atoms with Crippen molar-refractivity contribution in [1.29, 1.82) is 0 Å². The lowest BCUT2D eigenvalue weighted by Gasteiger charge is -2.32. The molecule has 3 atom stereocenters. The molecule has 1 aliphatic heterocycles. The molecule has 3 unspecified atom stereocenters. The Kier molecular flexibility index (Phi) is 5.02. The van der Waals surface area contributed by atoms with Gasteiger partial charge in [0, 0.05) is 23.1 Å². The smallest absolute Gasteiger partial charge is 0.0171 e. The van der Waals surface area contributed by atoms with Gasteiger partial charge in [0.1, 0.15) is 0 Å². The maximum Gasteiger partial charge on any atom is 0.0171 e. The van der Waals surface area contributed by atoms with Crippen molar-refractivity contribution in [3.8, 4) is 0 Å². The third-order valence-corrected chi connectivity index (χ3v) is 5.66. The maximum absolute atomic E-state index is 3.94. The SMILES string of the molecule is CCC(NC1CSC(C)C1)C1CCCCC1. The number of rotatable bonds is 4. The molecule has 16 heavy (non-hydrogen) atoms. The predicted octanol–water partition coefficient (Wildman–Crippen LogP) is 3.83. The Morgan fingerprint density at radius 1 is 1.25 bits per heavy atom. The summed E-state index contributed by atoms with van der Waals surface area (Å²) in [5, 5.41) is 4.82. The molecule has 2 heteroatoms. The monoisotopic (exact) mass is 241 g/mol. The molecule has 0 spiro atoms. The summed E-state index contributed by atoms with van der Waals surface area (Å²) in [4.78, 5) is 0. The standard InChI is InChI=1S/C14H27NS/c1-3-14(12-7-5-4-6-8-12)15-13-9-11(2)16-10-13/h11-15H,3-10H2,1-2H3. The van der Waals surface area contributed by atoms with E-state index in [1.165, 1.54) is 50.7 Å². The van der Waals surface area contributed by atoms with Gasteiger partial charge in [-0.15, -0.1) is 0 Å². The van der Waals surface area contributed by atoms with Crippen molar-refractivity contribution in [3.63, 3.8) is 0 Å². The van der Waals surface area contributed by atoms with Crippen LogP contribution in [-0.4, -0.2) is 23.1 Å². The molecule has 0 bridgehead atoms. The Balaban J connectivity index is 1.80. The minimum absolute atomic E-state index is 0.798. The fraction of sp³-hybridized carbons (Fsp3) is 1.00. The molecule has 94 valence electrons. The van der Waals surface area contributed by atoms with E-state index in [9.17, 15) is 0 Å². The van der Waals surface area contributed by atoms with Crippen molar-refractivity contribution in [3.05, 3.63) is 0 Å². The fourth-order valence-electron chi connectivity index (χ4n) is 3.36. The minimum atomic E-state index is 0.798. The van der Waals surface area contributed by atoms with Crippen LogP contribution >= 0.6 is 11.8 Å². The van der Waals surface area contributed by atoms with E-state index in [0.717, 1.165) is 23.3 Å². The summed E-state index contributed by atoms with van der Waals surface area (Å²) in [7, 11) is 0. The van der Waals surface area contributed by atoms with E-state index in [-0.39, 0.29) is 0 Å². The highest BCUT2D eigenvalue weighted by Gasteiger charge is 2.28. The summed E-state index contributed by atoms with van der Waals surface area (Å²) < 4.78 is 0. The summed E-state index contributed by atoms with van der Waals surface area (Å²) >= 11 is 2.14. The molecule has 1 aliphatic carbocycles. The summed E-state index contributed by atoms with van der Waals surface area (Å²) in [5.74, 6) is 2.31. The molecule has 1 saturated heterocycles. The van der Waals surface area contributed by atoms with Crippen molar-refractivity contribution in [1.82, 2.24) is 5.32 Å². The Hall–Kier alpha value is 0.310. The number of hydrogen-bond acceptors (Lipinski definition) is 2. The highest BCUT2D eigenvalue weighted by molar-refractivity contribution is 8.00. The van der Waals surface area contributed by atoms with Crippen LogP contribution in [0.15, 0.2) is 0 Å². The summed E-state index contributed by atoms with van der Waals surface area (Å²) in [6.45, 7) is 4.73. The van der Waals surface area contributed by atoms with Crippen LogP contribution in [0.5, 0.6) is 0 Å². The topological polar surface area (TPSA) is 12.0 Å². The second-order valence-corrected chi connectivity index (χ2v) is 7.13. The molecule has 1 heterocycles. The van der Waals surface area contributed by atoms with Crippen molar-refractivity contribution in [2.24, 2.45) is 5.92 Å². The number of hydrogen-bond donors (Lipinski definition) is 1. The number of nitrogens with one attached hydrogen (secondary N) is 1. The first-order valence-electron chi connectivity index (χ1n) is 7.17. The van der Waals surface area contributed by atoms with Gasteiger partial charge in [-0.2, -0.15) is 11.8 Å². The molecule has 2 rings (SSSR count). The summed E-state index contributed by atoms with van der Waals surface area (Å²) in [6, 6.07) is 1.60. The molecule has 0 radical (unpaired) electrons. The summed E-state index contributed by atoms with van der Waals surface area (Å²) in [5.41, 5.74) is 0. The highest BCUT2D eigenvalue weighted by Crippen LogP contribution is 2.31. The molecule has 0 aromatic carbocycles. The average Bonchev–Trinajstić information content (AvgIpc) is 2.73. The van der Waals surface area contributed by atoms with Gasteiger partial charge in [0.15, 0.2) is 0 Å². The van der Waals surface area contributed by atoms with Gasteiger partial charge in [0.05, 0.1) is 0 Å². The van der Waals surface area contributed by atoms with E-state index >= 15 is 0 Å². The van der Waals surface area contributed by atoms with E-state index < -0.39 is 0 Å². The molecular weight excluding hydrogens is 214 g/mol. The van der Waals surface area contributed by atoms with Gasteiger partial charge in [0.2, 0.25) is 0 Å². The second kappa shape index (κ2) is 6.30. The first kappa shape index (κ1) is 12.8.